The van der Waals surface area contributed by atoms with Crippen LogP contribution in [0, 0.1) is 12.8 Å². The van der Waals surface area contributed by atoms with Crippen LogP contribution in [0.15, 0.2) is 64.7 Å². The molecule has 1 aliphatic rings. The summed E-state index contributed by atoms with van der Waals surface area (Å²) in [6, 6.07) is 17.3. The van der Waals surface area contributed by atoms with Crippen LogP contribution >= 0.6 is 0 Å². The minimum atomic E-state index is -0.402. The molecule has 1 atom stereocenters. The lowest BCUT2D eigenvalue weighted by Crippen LogP contribution is -2.27. The van der Waals surface area contributed by atoms with Gasteiger partial charge >= 0.3 is 0 Å². The first-order valence-electron chi connectivity index (χ1n) is 7.20. The molecule has 2 aromatic carbocycles. The van der Waals surface area contributed by atoms with Gasteiger partial charge in [0.1, 0.15) is 5.92 Å². The summed E-state index contributed by atoms with van der Waals surface area (Å²) in [5.41, 5.74) is 3.52. The molecule has 0 aliphatic carbocycles. The molecule has 0 N–H and O–H groups in total. The van der Waals surface area contributed by atoms with Crippen molar-refractivity contribution in [1.82, 2.24) is 0 Å². The van der Waals surface area contributed by atoms with Gasteiger partial charge in [0.05, 0.1) is 17.1 Å². The predicted octanol–water partition coefficient (Wildman–Crippen LogP) is 3.74. The van der Waals surface area contributed by atoms with Gasteiger partial charge < -0.3 is 0 Å². The fourth-order valence-corrected chi connectivity index (χ4v) is 2.37. The lowest BCUT2D eigenvalue weighted by Gasteiger charge is -2.12. The fraction of sp³-hybridized carbons (Fsp3) is 0.167. The van der Waals surface area contributed by atoms with Gasteiger partial charge in [-0.25, -0.2) is 0 Å². The summed E-state index contributed by atoms with van der Waals surface area (Å²) in [5.74, 6) is -0.471. The van der Waals surface area contributed by atoms with Crippen molar-refractivity contribution in [2.24, 2.45) is 16.0 Å². The molecule has 0 unspecified atom stereocenters. The second kappa shape index (κ2) is 5.93. The average Bonchev–Trinajstić information content (AvgIpc) is 2.81. The van der Waals surface area contributed by atoms with Crippen LogP contribution < -0.4 is 5.01 Å². The Morgan fingerprint density at radius 1 is 1.09 bits per heavy atom. The van der Waals surface area contributed by atoms with Crippen molar-refractivity contribution >= 4 is 29.2 Å². The summed E-state index contributed by atoms with van der Waals surface area (Å²) in [5, 5.41) is 5.81. The third-order valence-corrected chi connectivity index (χ3v) is 3.56. The zero-order chi connectivity index (χ0) is 15.5. The van der Waals surface area contributed by atoms with Gasteiger partial charge in [-0.3, -0.25) is 9.79 Å². The van der Waals surface area contributed by atoms with Gasteiger partial charge in [-0.2, -0.15) is 10.1 Å². The van der Waals surface area contributed by atoms with Crippen molar-refractivity contribution in [3.63, 3.8) is 0 Å². The summed E-state index contributed by atoms with van der Waals surface area (Å²) < 4.78 is 0. The molecule has 0 spiro atoms. The third-order valence-electron chi connectivity index (χ3n) is 3.56. The Balaban J connectivity index is 1.82. The normalized spacial score (nSPS) is 18.1. The molecule has 0 aromatic heterocycles. The van der Waals surface area contributed by atoms with Crippen LogP contribution in [-0.2, 0) is 4.79 Å². The van der Waals surface area contributed by atoms with E-state index in [9.17, 15) is 4.79 Å². The molecule has 1 aliphatic heterocycles. The Kier molecular flexibility index (Phi) is 3.83. The second-order valence-electron chi connectivity index (χ2n) is 5.32. The molecule has 2 aromatic rings. The molecule has 0 saturated heterocycles. The van der Waals surface area contributed by atoms with Crippen molar-refractivity contribution in [2.45, 2.75) is 13.8 Å². The number of hydrogen-bond acceptors (Lipinski definition) is 3. The largest absolute Gasteiger partial charge is 0.271 e. The van der Waals surface area contributed by atoms with Crippen LogP contribution in [0.5, 0.6) is 0 Å². The highest BCUT2D eigenvalue weighted by molar-refractivity contribution is 6.23. The number of benzene rings is 2. The van der Waals surface area contributed by atoms with Crippen molar-refractivity contribution in [1.29, 1.82) is 0 Å². The van der Waals surface area contributed by atoms with E-state index in [1.165, 1.54) is 5.01 Å². The molecule has 0 bridgehead atoms. The van der Waals surface area contributed by atoms with Gasteiger partial charge in [-0.15, -0.1) is 0 Å². The third kappa shape index (κ3) is 2.81. The summed E-state index contributed by atoms with van der Waals surface area (Å²) >= 11 is 0. The topological polar surface area (TPSA) is 45.0 Å². The Morgan fingerprint density at radius 2 is 1.86 bits per heavy atom. The Labute approximate surface area is 129 Å². The maximum Gasteiger partial charge on any atom is 0.261 e. The molecule has 0 fully saturated rings. The molecule has 110 valence electrons. The fourth-order valence-electron chi connectivity index (χ4n) is 2.37. The van der Waals surface area contributed by atoms with E-state index in [0.29, 0.717) is 0 Å². The molecule has 3 rings (SSSR count). The van der Waals surface area contributed by atoms with Crippen LogP contribution in [0.4, 0.5) is 11.4 Å². The number of rotatable bonds is 3. The van der Waals surface area contributed by atoms with Crippen LogP contribution in [0.25, 0.3) is 0 Å². The number of hydrogen-bond donors (Lipinski definition) is 0. The average molecular weight is 291 g/mol. The predicted molar refractivity (Wildman–Crippen MR) is 89.9 cm³/mol. The summed E-state index contributed by atoms with van der Waals surface area (Å²) in [4.78, 5) is 16.9. The minimum absolute atomic E-state index is 0.0693. The number of amides is 1. The zero-order valence-electron chi connectivity index (χ0n) is 12.6. The minimum Gasteiger partial charge on any atom is -0.271 e. The standard InChI is InChI=1S/C18H17N3O/c1-13-7-6-8-15(11-13)19-12-17-14(2)20-21(18(17)22)16-9-4-3-5-10-16/h3-12,17H,1-2H3/t17-/m0/s1. The van der Waals surface area contributed by atoms with Crippen LogP contribution in [-0.4, -0.2) is 17.8 Å². The lowest BCUT2D eigenvalue weighted by molar-refractivity contribution is -0.118. The molecule has 4 nitrogen and oxygen atoms in total. The first-order chi connectivity index (χ1) is 10.6. The first-order valence-corrected chi connectivity index (χ1v) is 7.20. The van der Waals surface area contributed by atoms with Crippen LogP contribution in [0.3, 0.4) is 0 Å². The van der Waals surface area contributed by atoms with Gasteiger partial charge in [0.15, 0.2) is 0 Å². The molecule has 4 heteroatoms. The molecule has 1 heterocycles. The number of para-hydroxylation sites is 1. The van der Waals surface area contributed by atoms with Crippen molar-refractivity contribution < 1.29 is 4.79 Å². The van der Waals surface area contributed by atoms with Gasteiger partial charge in [0.25, 0.3) is 5.91 Å². The highest BCUT2D eigenvalue weighted by Crippen LogP contribution is 2.23. The maximum absolute atomic E-state index is 12.5. The van der Waals surface area contributed by atoms with Gasteiger partial charge in [0, 0.05) is 6.21 Å². The Bertz CT molecular complexity index is 750. The first kappa shape index (κ1) is 14.2. The molecule has 0 radical (unpaired) electrons. The van der Waals surface area contributed by atoms with E-state index in [0.717, 1.165) is 22.6 Å². The number of carbonyl (C=O) groups excluding carboxylic acids is 1. The van der Waals surface area contributed by atoms with E-state index < -0.39 is 5.92 Å². The molecular weight excluding hydrogens is 274 g/mol. The lowest BCUT2D eigenvalue weighted by atomic mass is 10.1. The number of hydrazone groups is 1. The number of aliphatic imine (C=N–C) groups is 1. The van der Waals surface area contributed by atoms with E-state index in [-0.39, 0.29) is 5.91 Å². The monoisotopic (exact) mass is 291 g/mol. The molecule has 0 saturated carbocycles. The zero-order valence-corrected chi connectivity index (χ0v) is 12.6. The number of carbonyl (C=O) groups is 1. The number of aryl methyl sites for hydroxylation is 1. The molecule has 22 heavy (non-hydrogen) atoms. The van der Waals surface area contributed by atoms with Gasteiger partial charge in [0.2, 0.25) is 0 Å². The van der Waals surface area contributed by atoms with E-state index in [4.69, 9.17) is 0 Å². The highest BCUT2D eigenvalue weighted by Gasteiger charge is 2.33. The van der Waals surface area contributed by atoms with Crippen LogP contribution in [0.1, 0.15) is 12.5 Å². The van der Waals surface area contributed by atoms with E-state index in [1.54, 1.807) is 6.21 Å². The van der Waals surface area contributed by atoms with Crippen molar-refractivity contribution in [2.75, 3.05) is 5.01 Å². The van der Waals surface area contributed by atoms with Gasteiger partial charge in [-0.1, -0.05) is 30.3 Å². The van der Waals surface area contributed by atoms with E-state index in [2.05, 4.69) is 10.1 Å². The summed E-state index contributed by atoms with van der Waals surface area (Å²) in [7, 11) is 0. The van der Waals surface area contributed by atoms with E-state index >= 15 is 0 Å². The van der Waals surface area contributed by atoms with Gasteiger partial charge in [-0.05, 0) is 43.7 Å². The second-order valence-corrected chi connectivity index (χ2v) is 5.32. The summed E-state index contributed by atoms with van der Waals surface area (Å²) in [6.07, 6.45) is 1.68. The summed E-state index contributed by atoms with van der Waals surface area (Å²) in [6.45, 7) is 3.87. The van der Waals surface area contributed by atoms with Crippen molar-refractivity contribution in [3.05, 3.63) is 60.2 Å². The number of anilines is 1. The Morgan fingerprint density at radius 3 is 2.59 bits per heavy atom. The highest BCUT2D eigenvalue weighted by atomic mass is 16.2. The Hall–Kier alpha value is -2.75. The van der Waals surface area contributed by atoms with Crippen LogP contribution in [0.2, 0.25) is 0 Å². The quantitative estimate of drug-likeness (QED) is 0.795. The number of nitrogens with zero attached hydrogens (tertiary/aromatic N) is 3. The molecule has 1 amide bonds. The maximum atomic E-state index is 12.5. The smallest absolute Gasteiger partial charge is 0.261 e. The SMILES string of the molecule is CC1=NN(c2ccccc2)C(=O)[C@H]1C=Nc1cccc(C)c1. The van der Waals surface area contributed by atoms with Crippen molar-refractivity contribution in [3.8, 4) is 0 Å². The molecular formula is C18H17N3O. The van der Waals surface area contributed by atoms with E-state index in [1.807, 2.05) is 68.4 Å².